The largest absolute Gasteiger partial charge is 0.341 e. The van der Waals surface area contributed by atoms with Gasteiger partial charge in [-0.2, -0.15) is 0 Å². The Bertz CT molecular complexity index is 1600. The molecule has 6 rings (SSSR count). The number of nitrogens with one attached hydrogen (secondary N) is 3. The SMILES string of the molecule is CCc1cc(C(=O)NC2c3ccccc3-c3c(-c4nc5ccncc5[nH]4)cccc32)cc(=O)[nH]1. The lowest BCUT2D eigenvalue weighted by Crippen LogP contribution is -2.29. The van der Waals surface area contributed by atoms with Crippen LogP contribution in [0.5, 0.6) is 0 Å². The van der Waals surface area contributed by atoms with Crippen molar-refractivity contribution in [3.05, 3.63) is 106 Å². The smallest absolute Gasteiger partial charge is 0.252 e. The third-order valence-electron chi connectivity index (χ3n) is 6.31. The Kier molecular flexibility index (Phi) is 4.62. The predicted molar refractivity (Wildman–Crippen MR) is 131 cm³/mol. The Morgan fingerprint density at radius 1 is 1.00 bits per heavy atom. The number of imidazole rings is 1. The van der Waals surface area contributed by atoms with Crippen LogP contribution in [0.4, 0.5) is 0 Å². The van der Waals surface area contributed by atoms with Crippen molar-refractivity contribution < 1.29 is 4.79 Å². The minimum Gasteiger partial charge on any atom is -0.341 e. The molecule has 0 bridgehead atoms. The van der Waals surface area contributed by atoms with Gasteiger partial charge in [0.2, 0.25) is 5.56 Å². The van der Waals surface area contributed by atoms with E-state index in [1.54, 1.807) is 18.5 Å². The number of aryl methyl sites for hydroxylation is 1. The summed E-state index contributed by atoms with van der Waals surface area (Å²) in [6.07, 6.45) is 4.13. The first-order chi connectivity index (χ1) is 16.6. The number of nitrogens with zero attached hydrogens (tertiary/aromatic N) is 2. The third kappa shape index (κ3) is 3.21. The number of rotatable bonds is 4. The van der Waals surface area contributed by atoms with E-state index in [1.807, 2.05) is 49.4 Å². The second kappa shape index (κ2) is 7.81. The molecule has 1 unspecified atom stereocenters. The fourth-order valence-electron chi connectivity index (χ4n) is 4.73. The topological polar surface area (TPSA) is 104 Å². The molecule has 5 aromatic rings. The van der Waals surface area contributed by atoms with Crippen molar-refractivity contribution in [1.82, 2.24) is 25.3 Å². The number of pyridine rings is 2. The van der Waals surface area contributed by atoms with Crippen LogP contribution in [-0.4, -0.2) is 25.8 Å². The lowest BCUT2D eigenvalue weighted by molar-refractivity contribution is 0.0943. The molecule has 2 aromatic carbocycles. The molecule has 3 heterocycles. The zero-order chi connectivity index (χ0) is 23.2. The fourth-order valence-corrected chi connectivity index (χ4v) is 4.73. The summed E-state index contributed by atoms with van der Waals surface area (Å²) in [7, 11) is 0. The summed E-state index contributed by atoms with van der Waals surface area (Å²) in [4.78, 5) is 40.3. The van der Waals surface area contributed by atoms with E-state index in [4.69, 9.17) is 4.98 Å². The molecule has 0 fully saturated rings. The second-order valence-corrected chi connectivity index (χ2v) is 8.35. The number of aromatic nitrogens is 4. The van der Waals surface area contributed by atoms with E-state index in [-0.39, 0.29) is 17.5 Å². The zero-order valence-corrected chi connectivity index (χ0v) is 18.4. The second-order valence-electron chi connectivity index (χ2n) is 8.35. The molecule has 1 atom stereocenters. The maximum Gasteiger partial charge on any atom is 0.252 e. The van der Waals surface area contributed by atoms with Crippen molar-refractivity contribution in [2.45, 2.75) is 19.4 Å². The number of carbonyl (C=O) groups excluding carboxylic acids is 1. The maximum absolute atomic E-state index is 13.2. The lowest BCUT2D eigenvalue weighted by atomic mass is 9.98. The van der Waals surface area contributed by atoms with Crippen LogP contribution in [0.3, 0.4) is 0 Å². The number of aromatic amines is 2. The third-order valence-corrected chi connectivity index (χ3v) is 6.31. The first-order valence-electron chi connectivity index (χ1n) is 11.2. The molecule has 7 nitrogen and oxygen atoms in total. The number of fused-ring (bicyclic) bond motifs is 4. The number of benzene rings is 2. The molecule has 1 aliphatic rings. The van der Waals surface area contributed by atoms with Gasteiger partial charge in [-0.15, -0.1) is 0 Å². The van der Waals surface area contributed by atoms with E-state index in [1.165, 1.54) is 6.07 Å². The molecule has 0 aliphatic heterocycles. The molecule has 3 aromatic heterocycles. The van der Waals surface area contributed by atoms with E-state index in [0.717, 1.165) is 50.4 Å². The Labute approximate surface area is 194 Å². The van der Waals surface area contributed by atoms with Crippen molar-refractivity contribution >= 4 is 16.9 Å². The number of carbonyl (C=O) groups is 1. The van der Waals surface area contributed by atoms with Gasteiger partial charge >= 0.3 is 0 Å². The van der Waals surface area contributed by atoms with Gasteiger partial charge in [-0.3, -0.25) is 14.6 Å². The summed E-state index contributed by atoms with van der Waals surface area (Å²) in [5.41, 5.74) is 7.57. The highest BCUT2D eigenvalue weighted by Crippen LogP contribution is 2.47. The van der Waals surface area contributed by atoms with Crippen LogP contribution in [0.25, 0.3) is 33.5 Å². The Morgan fingerprint density at radius 2 is 1.82 bits per heavy atom. The van der Waals surface area contributed by atoms with Gasteiger partial charge in [-0.05, 0) is 40.8 Å². The summed E-state index contributed by atoms with van der Waals surface area (Å²) >= 11 is 0. The van der Waals surface area contributed by atoms with Crippen LogP contribution in [0.15, 0.2) is 77.9 Å². The van der Waals surface area contributed by atoms with Crippen LogP contribution in [0.2, 0.25) is 0 Å². The highest BCUT2D eigenvalue weighted by molar-refractivity contribution is 5.97. The molecule has 34 heavy (non-hydrogen) atoms. The van der Waals surface area contributed by atoms with E-state index in [0.29, 0.717) is 12.0 Å². The summed E-state index contributed by atoms with van der Waals surface area (Å²) in [5, 5.41) is 3.16. The predicted octanol–water partition coefficient (Wildman–Crippen LogP) is 4.38. The summed E-state index contributed by atoms with van der Waals surface area (Å²) < 4.78 is 0. The highest BCUT2D eigenvalue weighted by Gasteiger charge is 2.32. The summed E-state index contributed by atoms with van der Waals surface area (Å²) in [6, 6.07) is 18.7. The van der Waals surface area contributed by atoms with Gasteiger partial charge in [-0.1, -0.05) is 49.4 Å². The summed E-state index contributed by atoms with van der Waals surface area (Å²) in [6.45, 7) is 1.94. The monoisotopic (exact) mass is 447 g/mol. The van der Waals surface area contributed by atoms with Crippen LogP contribution < -0.4 is 10.9 Å². The highest BCUT2D eigenvalue weighted by atomic mass is 16.2. The summed E-state index contributed by atoms with van der Waals surface area (Å²) in [5.74, 6) is 0.470. The Morgan fingerprint density at radius 3 is 2.68 bits per heavy atom. The van der Waals surface area contributed by atoms with Crippen molar-refractivity contribution in [3.63, 3.8) is 0 Å². The number of amides is 1. The minimum absolute atomic E-state index is 0.279. The normalized spacial score (nSPS) is 14.1. The van der Waals surface area contributed by atoms with Gasteiger partial charge in [0.1, 0.15) is 5.82 Å². The molecule has 0 saturated carbocycles. The Balaban J connectivity index is 1.46. The van der Waals surface area contributed by atoms with Gasteiger partial charge in [0.25, 0.3) is 5.91 Å². The van der Waals surface area contributed by atoms with Crippen LogP contribution in [0, 0.1) is 0 Å². The number of hydrogen-bond acceptors (Lipinski definition) is 4. The van der Waals surface area contributed by atoms with E-state index >= 15 is 0 Å². The van der Waals surface area contributed by atoms with E-state index in [2.05, 4.69) is 26.3 Å². The first kappa shape index (κ1) is 20.1. The van der Waals surface area contributed by atoms with Crippen LogP contribution >= 0.6 is 0 Å². The standard InChI is InChI=1S/C27H21N5O2/c1-2-16-12-15(13-23(33)29-16)27(34)32-25-18-7-4-3-6-17(18)24-19(25)8-5-9-20(24)26-30-21-10-11-28-14-22(21)31-26/h3-14,25H,2H2,1H3,(H,29,33)(H,30,31)(H,32,34). The molecule has 7 heteroatoms. The molecule has 0 radical (unpaired) electrons. The first-order valence-corrected chi connectivity index (χ1v) is 11.2. The molecule has 1 amide bonds. The van der Waals surface area contributed by atoms with Crippen molar-refractivity contribution in [2.75, 3.05) is 0 Å². The van der Waals surface area contributed by atoms with Crippen LogP contribution in [-0.2, 0) is 6.42 Å². The average molecular weight is 447 g/mol. The van der Waals surface area contributed by atoms with E-state index < -0.39 is 0 Å². The van der Waals surface area contributed by atoms with Crippen molar-refractivity contribution in [3.8, 4) is 22.5 Å². The van der Waals surface area contributed by atoms with Gasteiger partial charge in [0.15, 0.2) is 0 Å². The van der Waals surface area contributed by atoms with Crippen molar-refractivity contribution in [1.29, 1.82) is 0 Å². The van der Waals surface area contributed by atoms with Gasteiger partial charge in [-0.25, -0.2) is 4.98 Å². The van der Waals surface area contributed by atoms with Gasteiger partial charge in [0, 0.05) is 29.1 Å². The fraction of sp³-hybridized carbons (Fsp3) is 0.111. The zero-order valence-electron chi connectivity index (χ0n) is 18.4. The van der Waals surface area contributed by atoms with Gasteiger partial charge in [0.05, 0.1) is 23.3 Å². The molecular weight excluding hydrogens is 426 g/mol. The maximum atomic E-state index is 13.2. The quantitative estimate of drug-likeness (QED) is 0.380. The van der Waals surface area contributed by atoms with Crippen LogP contribution in [0.1, 0.15) is 40.1 Å². The number of H-pyrrole nitrogens is 2. The minimum atomic E-state index is -0.339. The van der Waals surface area contributed by atoms with E-state index in [9.17, 15) is 9.59 Å². The molecular formula is C27H21N5O2. The average Bonchev–Trinajstić information content (AvgIpc) is 3.43. The molecule has 0 spiro atoms. The molecule has 0 saturated heterocycles. The van der Waals surface area contributed by atoms with Gasteiger partial charge < -0.3 is 15.3 Å². The Hall–Kier alpha value is -4.52. The number of hydrogen-bond donors (Lipinski definition) is 3. The molecule has 3 N–H and O–H groups in total. The lowest BCUT2D eigenvalue weighted by Gasteiger charge is -2.16. The van der Waals surface area contributed by atoms with Crippen molar-refractivity contribution in [2.24, 2.45) is 0 Å². The molecule has 1 aliphatic carbocycles. The molecule has 166 valence electrons.